The first-order valence-electron chi connectivity index (χ1n) is 9.97. The number of benzene rings is 3. The summed E-state index contributed by atoms with van der Waals surface area (Å²) in [6, 6.07) is 20.8. The van der Waals surface area contributed by atoms with E-state index in [4.69, 9.17) is 39.5 Å². The van der Waals surface area contributed by atoms with Gasteiger partial charge in [-0.1, -0.05) is 65.1 Å². The van der Waals surface area contributed by atoms with E-state index < -0.39 is 11.8 Å². The summed E-state index contributed by atoms with van der Waals surface area (Å²) in [6.07, 6.45) is 1.37. The van der Waals surface area contributed by atoms with Crippen molar-refractivity contribution in [2.75, 3.05) is 11.9 Å². The molecular weight excluding hydrogens is 497 g/mol. The fraction of sp³-hybridized carbons (Fsp3) is 0.0800. The zero-order valence-corrected chi connectivity index (χ0v) is 19.9. The van der Waals surface area contributed by atoms with E-state index in [2.05, 4.69) is 10.6 Å². The molecule has 0 spiro atoms. The highest BCUT2D eigenvalue weighted by molar-refractivity contribution is 6.37. The van der Waals surface area contributed by atoms with E-state index >= 15 is 0 Å². The molecule has 9 heteroatoms. The average molecular weight is 515 g/mol. The molecule has 0 saturated carbocycles. The molecule has 0 radical (unpaired) electrons. The Kier molecular flexibility index (Phi) is 8.94. The predicted molar refractivity (Wildman–Crippen MR) is 134 cm³/mol. The Morgan fingerprint density at radius 2 is 1.62 bits per heavy atom. The maximum absolute atomic E-state index is 12.4. The molecule has 34 heavy (non-hydrogen) atoms. The van der Waals surface area contributed by atoms with Crippen LogP contribution in [0.1, 0.15) is 11.1 Å². The normalized spacial score (nSPS) is 10.8. The monoisotopic (exact) mass is 513 g/mol. The van der Waals surface area contributed by atoms with Gasteiger partial charge in [0, 0.05) is 17.3 Å². The number of carbonyl (C=O) groups excluding carboxylic acids is 2. The van der Waals surface area contributed by atoms with E-state index in [1.807, 2.05) is 36.4 Å². The summed E-state index contributed by atoms with van der Waals surface area (Å²) in [6.45, 7) is -0.0480. The molecule has 0 unspecified atom stereocenters. The number of nitrogens with one attached hydrogen (secondary N) is 2. The number of nitriles is 1. The third-order valence-corrected chi connectivity index (χ3v) is 5.28. The van der Waals surface area contributed by atoms with Gasteiger partial charge in [0.2, 0.25) is 0 Å². The minimum absolute atomic E-state index is 0.110. The van der Waals surface area contributed by atoms with E-state index in [0.29, 0.717) is 16.3 Å². The third-order valence-electron chi connectivity index (χ3n) is 4.47. The number of carbonyl (C=O) groups is 2. The average Bonchev–Trinajstić information content (AvgIpc) is 2.82. The topological polar surface area (TPSA) is 91.2 Å². The fourth-order valence-corrected chi connectivity index (χ4v) is 3.60. The molecule has 0 bridgehead atoms. The first kappa shape index (κ1) is 25.1. The molecule has 0 aliphatic heterocycles. The van der Waals surface area contributed by atoms with Crippen LogP contribution in [0.15, 0.2) is 72.3 Å². The molecule has 0 aromatic heterocycles. The van der Waals surface area contributed by atoms with E-state index in [1.165, 1.54) is 18.2 Å². The second-order valence-electron chi connectivity index (χ2n) is 7.00. The van der Waals surface area contributed by atoms with Crippen LogP contribution in [-0.2, 0) is 16.1 Å². The van der Waals surface area contributed by atoms with Gasteiger partial charge in [-0.3, -0.25) is 9.59 Å². The van der Waals surface area contributed by atoms with Gasteiger partial charge in [-0.05, 0) is 53.6 Å². The number of halogens is 3. The van der Waals surface area contributed by atoms with Gasteiger partial charge in [-0.2, -0.15) is 5.26 Å². The summed E-state index contributed by atoms with van der Waals surface area (Å²) >= 11 is 18.4. The summed E-state index contributed by atoms with van der Waals surface area (Å²) in [4.78, 5) is 24.5. The lowest BCUT2D eigenvalue weighted by molar-refractivity contribution is -0.118. The molecule has 2 N–H and O–H groups in total. The minimum Gasteiger partial charge on any atom is -0.481 e. The van der Waals surface area contributed by atoms with Gasteiger partial charge in [0.05, 0.1) is 10.0 Å². The fourth-order valence-electron chi connectivity index (χ4n) is 2.86. The van der Waals surface area contributed by atoms with Crippen LogP contribution in [0, 0.1) is 11.3 Å². The lowest BCUT2D eigenvalue weighted by Crippen LogP contribution is -2.23. The van der Waals surface area contributed by atoms with Crippen molar-refractivity contribution >= 4 is 58.4 Å². The quantitative estimate of drug-likeness (QED) is 0.290. The molecule has 3 aromatic carbocycles. The van der Waals surface area contributed by atoms with Crippen LogP contribution in [-0.4, -0.2) is 18.4 Å². The summed E-state index contributed by atoms with van der Waals surface area (Å²) in [5, 5.41) is 15.6. The zero-order chi connectivity index (χ0) is 24.5. The summed E-state index contributed by atoms with van der Waals surface area (Å²) in [7, 11) is 0. The van der Waals surface area contributed by atoms with Crippen molar-refractivity contribution in [3.05, 3.63) is 98.5 Å². The maximum atomic E-state index is 12.4. The van der Waals surface area contributed by atoms with Crippen LogP contribution < -0.4 is 15.4 Å². The Labute approximate surface area is 211 Å². The van der Waals surface area contributed by atoms with Gasteiger partial charge in [0.1, 0.15) is 11.6 Å². The molecular formula is C25H18Cl3N3O3. The van der Waals surface area contributed by atoms with Crippen LogP contribution in [0.4, 0.5) is 5.69 Å². The van der Waals surface area contributed by atoms with Gasteiger partial charge in [-0.25, -0.2) is 0 Å². The van der Waals surface area contributed by atoms with Gasteiger partial charge in [-0.15, -0.1) is 0 Å². The molecule has 0 aliphatic carbocycles. The molecule has 3 aromatic rings. The summed E-state index contributed by atoms with van der Waals surface area (Å²) < 4.78 is 5.48. The number of amides is 2. The van der Waals surface area contributed by atoms with E-state index in [1.54, 1.807) is 24.3 Å². The molecule has 6 nitrogen and oxygen atoms in total. The smallest absolute Gasteiger partial charge is 0.262 e. The Hall–Kier alpha value is -3.50. The number of ether oxygens (including phenoxy) is 1. The first-order chi connectivity index (χ1) is 16.4. The number of hydrogen-bond donors (Lipinski definition) is 2. The molecule has 0 heterocycles. The summed E-state index contributed by atoms with van der Waals surface area (Å²) in [5.41, 5.74) is 1.78. The van der Waals surface area contributed by atoms with Gasteiger partial charge in [0.15, 0.2) is 12.4 Å². The van der Waals surface area contributed by atoms with Crippen LogP contribution in [0.5, 0.6) is 5.75 Å². The Balaban J connectivity index is 1.64. The van der Waals surface area contributed by atoms with Crippen molar-refractivity contribution in [1.29, 1.82) is 5.26 Å². The zero-order valence-electron chi connectivity index (χ0n) is 17.6. The van der Waals surface area contributed by atoms with E-state index in [0.717, 1.165) is 5.56 Å². The van der Waals surface area contributed by atoms with Gasteiger partial charge < -0.3 is 15.4 Å². The third kappa shape index (κ3) is 7.26. The lowest BCUT2D eigenvalue weighted by atomic mass is 10.1. The minimum atomic E-state index is -0.530. The lowest BCUT2D eigenvalue weighted by Gasteiger charge is -2.11. The van der Waals surface area contributed by atoms with Gasteiger partial charge in [0.25, 0.3) is 11.8 Å². The molecule has 0 saturated heterocycles. The molecule has 3 rings (SSSR count). The SMILES string of the molecule is N#C/C(=C\c1cc(Cl)c(OCC(=O)Nc2ccc(Cl)cc2)c(Cl)c1)C(=O)NCc1ccccc1. The second-order valence-corrected chi connectivity index (χ2v) is 8.25. The molecule has 2 amide bonds. The molecule has 0 atom stereocenters. The Morgan fingerprint density at radius 1 is 0.971 bits per heavy atom. The van der Waals surface area contributed by atoms with Crippen molar-refractivity contribution in [3.8, 4) is 11.8 Å². The van der Waals surface area contributed by atoms with Crippen LogP contribution in [0.2, 0.25) is 15.1 Å². The Morgan fingerprint density at radius 3 is 2.24 bits per heavy atom. The highest BCUT2D eigenvalue weighted by Gasteiger charge is 2.14. The van der Waals surface area contributed by atoms with Crippen LogP contribution in [0.3, 0.4) is 0 Å². The van der Waals surface area contributed by atoms with E-state index in [-0.39, 0.29) is 34.5 Å². The first-order valence-corrected chi connectivity index (χ1v) is 11.1. The van der Waals surface area contributed by atoms with Crippen LogP contribution in [0.25, 0.3) is 6.08 Å². The van der Waals surface area contributed by atoms with Crippen LogP contribution >= 0.6 is 34.8 Å². The van der Waals surface area contributed by atoms with Crippen molar-refractivity contribution in [3.63, 3.8) is 0 Å². The highest BCUT2D eigenvalue weighted by atomic mass is 35.5. The van der Waals surface area contributed by atoms with Gasteiger partial charge >= 0.3 is 0 Å². The molecule has 0 fully saturated rings. The van der Waals surface area contributed by atoms with Crippen molar-refractivity contribution in [2.24, 2.45) is 0 Å². The van der Waals surface area contributed by atoms with Crippen molar-refractivity contribution in [2.45, 2.75) is 6.54 Å². The Bertz CT molecular complexity index is 1230. The summed E-state index contributed by atoms with van der Waals surface area (Å²) in [5.74, 6) is -0.836. The number of hydrogen-bond acceptors (Lipinski definition) is 4. The van der Waals surface area contributed by atoms with Crippen molar-refractivity contribution in [1.82, 2.24) is 5.32 Å². The maximum Gasteiger partial charge on any atom is 0.262 e. The van der Waals surface area contributed by atoms with E-state index in [9.17, 15) is 14.9 Å². The number of nitrogens with zero attached hydrogens (tertiary/aromatic N) is 1. The standard InChI is InChI=1S/C25H18Cl3N3O3/c26-19-6-8-20(9-7-19)31-23(32)15-34-24-21(27)11-17(12-22(24)28)10-18(13-29)25(33)30-14-16-4-2-1-3-5-16/h1-12H,14-15H2,(H,30,33)(H,31,32)/b18-10+. The second kappa shape index (κ2) is 12.1. The highest BCUT2D eigenvalue weighted by Crippen LogP contribution is 2.35. The molecule has 172 valence electrons. The number of anilines is 1. The largest absolute Gasteiger partial charge is 0.481 e. The van der Waals surface area contributed by atoms with Crippen molar-refractivity contribution < 1.29 is 14.3 Å². The predicted octanol–water partition coefficient (Wildman–Crippen LogP) is 5.89. The number of rotatable bonds is 8. The molecule has 0 aliphatic rings.